The van der Waals surface area contributed by atoms with Gasteiger partial charge in [0, 0.05) is 0 Å². The average molecular weight is 350 g/mol. The third-order valence-corrected chi connectivity index (χ3v) is 5.41. The summed E-state index contributed by atoms with van der Waals surface area (Å²) in [5.74, 6) is 0.131. The van der Waals surface area contributed by atoms with Crippen LogP contribution in [0.5, 0.6) is 0 Å². The Hall–Kier alpha value is -1.84. The number of rotatable bonds is 3. The molecule has 134 valence electrons. The van der Waals surface area contributed by atoms with Gasteiger partial charge in [-0.15, -0.1) is 0 Å². The van der Waals surface area contributed by atoms with Crippen LogP contribution >= 0.6 is 0 Å². The number of halogens is 4. The van der Waals surface area contributed by atoms with Crippen molar-refractivity contribution in [2.45, 2.75) is 51.1 Å². The SMILES string of the molecule is CCC1CCC(c2ccc(-c3ccc(F)c(C(F)(F)F)c3)cc2)CC1. The number of hydrogen-bond acceptors (Lipinski definition) is 0. The van der Waals surface area contributed by atoms with Crippen molar-refractivity contribution in [3.63, 3.8) is 0 Å². The van der Waals surface area contributed by atoms with Gasteiger partial charge in [-0.1, -0.05) is 43.7 Å². The molecule has 0 heterocycles. The second-order valence-electron chi connectivity index (χ2n) is 6.94. The monoisotopic (exact) mass is 350 g/mol. The zero-order chi connectivity index (χ0) is 18.0. The topological polar surface area (TPSA) is 0 Å². The summed E-state index contributed by atoms with van der Waals surface area (Å²) in [5.41, 5.74) is 1.09. The van der Waals surface area contributed by atoms with Crippen LogP contribution in [0.2, 0.25) is 0 Å². The van der Waals surface area contributed by atoms with Gasteiger partial charge in [-0.2, -0.15) is 13.2 Å². The highest BCUT2D eigenvalue weighted by atomic mass is 19.4. The molecule has 0 radical (unpaired) electrons. The Kier molecular flexibility index (Phi) is 5.16. The number of benzene rings is 2. The summed E-state index contributed by atoms with van der Waals surface area (Å²) >= 11 is 0. The molecular weight excluding hydrogens is 328 g/mol. The molecule has 2 aromatic rings. The van der Waals surface area contributed by atoms with Crippen molar-refractivity contribution in [2.75, 3.05) is 0 Å². The van der Waals surface area contributed by atoms with Crippen LogP contribution in [-0.4, -0.2) is 0 Å². The van der Waals surface area contributed by atoms with E-state index in [1.165, 1.54) is 43.7 Å². The second kappa shape index (κ2) is 7.19. The van der Waals surface area contributed by atoms with Crippen molar-refractivity contribution in [2.24, 2.45) is 5.92 Å². The molecule has 1 saturated carbocycles. The summed E-state index contributed by atoms with van der Waals surface area (Å²) in [6, 6.07) is 10.9. The lowest BCUT2D eigenvalue weighted by Crippen LogP contribution is -2.12. The van der Waals surface area contributed by atoms with Crippen LogP contribution in [-0.2, 0) is 6.18 Å². The maximum Gasteiger partial charge on any atom is 0.419 e. The first-order valence-corrected chi connectivity index (χ1v) is 8.85. The van der Waals surface area contributed by atoms with Crippen LogP contribution in [0.15, 0.2) is 42.5 Å². The van der Waals surface area contributed by atoms with Crippen LogP contribution in [0.3, 0.4) is 0 Å². The Morgan fingerprint density at radius 2 is 1.48 bits per heavy atom. The smallest absolute Gasteiger partial charge is 0.206 e. The van der Waals surface area contributed by atoms with Crippen molar-refractivity contribution in [3.8, 4) is 11.1 Å². The predicted molar refractivity (Wildman–Crippen MR) is 91.8 cm³/mol. The molecule has 0 nitrogen and oxygen atoms in total. The first-order valence-electron chi connectivity index (χ1n) is 8.85. The van der Waals surface area contributed by atoms with Crippen LogP contribution in [0.25, 0.3) is 11.1 Å². The standard InChI is InChI=1S/C21H22F4/c1-2-14-3-5-15(6-4-14)16-7-9-17(10-8-16)18-11-12-20(22)19(13-18)21(23,24)25/h7-15H,2-6H2,1H3. The summed E-state index contributed by atoms with van der Waals surface area (Å²) in [6.45, 7) is 2.23. The van der Waals surface area contributed by atoms with Gasteiger partial charge in [-0.25, -0.2) is 4.39 Å². The Bertz CT molecular complexity index is 708. The van der Waals surface area contributed by atoms with Crippen molar-refractivity contribution in [1.82, 2.24) is 0 Å². The first kappa shape index (κ1) is 18.0. The first-order chi connectivity index (χ1) is 11.9. The maximum atomic E-state index is 13.4. The van der Waals surface area contributed by atoms with E-state index in [-0.39, 0.29) is 0 Å². The maximum absolute atomic E-state index is 13.4. The number of hydrogen-bond donors (Lipinski definition) is 0. The fourth-order valence-electron chi connectivity index (χ4n) is 3.77. The summed E-state index contributed by atoms with van der Waals surface area (Å²) < 4.78 is 52.0. The summed E-state index contributed by atoms with van der Waals surface area (Å²) in [7, 11) is 0. The fourth-order valence-corrected chi connectivity index (χ4v) is 3.77. The molecule has 0 bridgehead atoms. The molecule has 3 rings (SSSR count). The summed E-state index contributed by atoms with van der Waals surface area (Å²) in [4.78, 5) is 0. The van der Waals surface area contributed by atoms with Crippen molar-refractivity contribution < 1.29 is 17.6 Å². The van der Waals surface area contributed by atoms with Gasteiger partial charge < -0.3 is 0 Å². The Morgan fingerprint density at radius 1 is 0.880 bits per heavy atom. The molecule has 25 heavy (non-hydrogen) atoms. The van der Waals surface area contributed by atoms with E-state index >= 15 is 0 Å². The van der Waals surface area contributed by atoms with Gasteiger partial charge in [-0.3, -0.25) is 0 Å². The molecule has 2 aromatic carbocycles. The minimum absolute atomic E-state index is 0.384. The second-order valence-corrected chi connectivity index (χ2v) is 6.94. The summed E-state index contributed by atoms with van der Waals surface area (Å²) in [5, 5.41) is 0. The lowest BCUT2D eigenvalue weighted by atomic mass is 9.77. The van der Waals surface area contributed by atoms with Gasteiger partial charge in [-0.05, 0) is 66.3 Å². The lowest BCUT2D eigenvalue weighted by Gasteiger charge is -2.28. The summed E-state index contributed by atoms with van der Waals surface area (Å²) in [6.07, 6.45) is 1.39. The van der Waals surface area contributed by atoms with Gasteiger partial charge >= 0.3 is 6.18 Å². The van der Waals surface area contributed by atoms with E-state index in [0.717, 1.165) is 18.1 Å². The molecule has 1 fully saturated rings. The van der Waals surface area contributed by atoms with Gasteiger partial charge in [0.15, 0.2) is 0 Å². The minimum atomic E-state index is -4.68. The zero-order valence-corrected chi connectivity index (χ0v) is 14.2. The molecule has 0 spiro atoms. The highest BCUT2D eigenvalue weighted by Gasteiger charge is 2.34. The molecule has 1 aliphatic carbocycles. The van der Waals surface area contributed by atoms with E-state index in [0.29, 0.717) is 17.0 Å². The van der Waals surface area contributed by atoms with E-state index in [1.54, 1.807) is 0 Å². The molecule has 0 unspecified atom stereocenters. The van der Waals surface area contributed by atoms with Gasteiger partial charge in [0.05, 0.1) is 5.56 Å². The molecule has 0 aliphatic heterocycles. The molecule has 0 amide bonds. The van der Waals surface area contributed by atoms with Crippen molar-refractivity contribution in [3.05, 3.63) is 59.4 Å². The van der Waals surface area contributed by atoms with E-state index in [9.17, 15) is 17.6 Å². The lowest BCUT2D eigenvalue weighted by molar-refractivity contribution is -0.139. The fraction of sp³-hybridized carbons (Fsp3) is 0.429. The normalized spacial score (nSPS) is 21.3. The molecule has 1 aliphatic rings. The highest BCUT2D eigenvalue weighted by molar-refractivity contribution is 5.65. The molecule has 0 N–H and O–H groups in total. The van der Waals surface area contributed by atoms with Crippen molar-refractivity contribution in [1.29, 1.82) is 0 Å². The van der Waals surface area contributed by atoms with Gasteiger partial charge in [0.1, 0.15) is 5.82 Å². The van der Waals surface area contributed by atoms with Gasteiger partial charge in [0.25, 0.3) is 0 Å². The van der Waals surface area contributed by atoms with Crippen LogP contribution in [0, 0.1) is 11.7 Å². The van der Waals surface area contributed by atoms with E-state index in [1.807, 2.05) is 24.3 Å². The van der Waals surface area contributed by atoms with Gasteiger partial charge in [0.2, 0.25) is 0 Å². The third kappa shape index (κ3) is 4.05. The Morgan fingerprint density at radius 3 is 2.04 bits per heavy atom. The quantitative estimate of drug-likeness (QED) is 0.514. The van der Waals surface area contributed by atoms with Crippen LogP contribution in [0.4, 0.5) is 17.6 Å². The largest absolute Gasteiger partial charge is 0.419 e. The average Bonchev–Trinajstić information content (AvgIpc) is 2.61. The number of alkyl halides is 3. The molecule has 0 aromatic heterocycles. The third-order valence-electron chi connectivity index (χ3n) is 5.41. The molecule has 0 atom stereocenters. The molecular formula is C21H22F4. The molecule has 4 heteroatoms. The van der Waals surface area contributed by atoms with Crippen molar-refractivity contribution >= 4 is 0 Å². The van der Waals surface area contributed by atoms with E-state index < -0.39 is 17.6 Å². The highest BCUT2D eigenvalue weighted by Crippen LogP contribution is 2.38. The van der Waals surface area contributed by atoms with Crippen LogP contribution in [0.1, 0.15) is 56.1 Å². The van der Waals surface area contributed by atoms with E-state index in [4.69, 9.17) is 0 Å². The van der Waals surface area contributed by atoms with Crippen LogP contribution < -0.4 is 0 Å². The molecule has 0 saturated heterocycles. The Labute approximate surface area is 145 Å². The zero-order valence-electron chi connectivity index (χ0n) is 14.2. The predicted octanol–water partition coefficient (Wildman–Crippen LogP) is 7.20. The Balaban J connectivity index is 1.79. The van der Waals surface area contributed by atoms with E-state index in [2.05, 4.69) is 6.92 Å². The minimum Gasteiger partial charge on any atom is -0.206 e.